The zero-order chi connectivity index (χ0) is 18.7. The molecule has 4 nitrogen and oxygen atoms in total. The second kappa shape index (κ2) is 7.95. The average molecular weight is 369 g/mol. The fourth-order valence-corrected chi connectivity index (χ4v) is 4.73. The number of hydrogen-bond donors (Lipinski definition) is 0. The van der Waals surface area contributed by atoms with Crippen LogP contribution in [-0.4, -0.2) is 48.1 Å². The normalized spacial score (nSPS) is 23.8. The number of nitrogens with zero attached hydrogens (tertiary/aromatic N) is 3. The first-order valence-electron chi connectivity index (χ1n) is 9.82. The molecule has 2 aliphatic heterocycles. The smallest absolute Gasteiger partial charge is 0.127 e. The van der Waals surface area contributed by atoms with Crippen LogP contribution in [0.1, 0.15) is 30.4 Å². The van der Waals surface area contributed by atoms with Gasteiger partial charge < -0.3 is 4.74 Å². The molecule has 0 unspecified atom stereocenters. The molecule has 2 aliphatic rings. The summed E-state index contributed by atoms with van der Waals surface area (Å²) in [4.78, 5) is 9.21. The Morgan fingerprint density at radius 1 is 1.11 bits per heavy atom. The van der Waals surface area contributed by atoms with Gasteiger partial charge in [0.2, 0.25) is 0 Å². The molecular weight excluding hydrogens is 341 g/mol. The van der Waals surface area contributed by atoms with Gasteiger partial charge in [-0.1, -0.05) is 6.07 Å². The van der Waals surface area contributed by atoms with Crippen molar-refractivity contribution in [2.24, 2.45) is 5.41 Å². The maximum atomic E-state index is 14.2. The Balaban J connectivity index is 1.39. The summed E-state index contributed by atoms with van der Waals surface area (Å²) in [5.41, 5.74) is 2.35. The van der Waals surface area contributed by atoms with Gasteiger partial charge in [-0.2, -0.15) is 0 Å². The summed E-state index contributed by atoms with van der Waals surface area (Å²) < 4.78 is 19.5. The van der Waals surface area contributed by atoms with Gasteiger partial charge in [-0.05, 0) is 67.6 Å². The summed E-state index contributed by atoms with van der Waals surface area (Å²) in [5, 5.41) is 0. The molecule has 1 aromatic heterocycles. The Hall–Kier alpha value is -1.98. The Labute approximate surface area is 161 Å². The summed E-state index contributed by atoms with van der Waals surface area (Å²) in [5.74, 6) is 0.585. The number of piperidine rings is 1. The number of halogens is 1. The number of pyridine rings is 1. The number of aromatic nitrogens is 1. The zero-order valence-electron chi connectivity index (χ0n) is 16.0. The first-order chi connectivity index (χ1) is 13.2. The Kier molecular flexibility index (Phi) is 5.41. The molecule has 2 fully saturated rings. The summed E-state index contributed by atoms with van der Waals surface area (Å²) in [6, 6.07) is 9.19. The van der Waals surface area contributed by atoms with Crippen LogP contribution in [0.5, 0.6) is 5.75 Å². The number of benzene rings is 1. The van der Waals surface area contributed by atoms with Gasteiger partial charge in [-0.15, -0.1) is 0 Å². The van der Waals surface area contributed by atoms with Crippen molar-refractivity contribution in [3.63, 3.8) is 0 Å². The summed E-state index contributed by atoms with van der Waals surface area (Å²) in [6.07, 6.45) is 7.47. The van der Waals surface area contributed by atoms with Gasteiger partial charge in [0.1, 0.15) is 11.6 Å². The van der Waals surface area contributed by atoms with Crippen LogP contribution in [0.15, 0.2) is 42.7 Å². The Morgan fingerprint density at radius 3 is 2.74 bits per heavy atom. The molecule has 0 amide bonds. The minimum Gasteiger partial charge on any atom is -0.497 e. The standard InChI is InChI=1S/C22H28FN3O/c1-27-20-5-6-21(23)19(12-20)15-25-10-3-7-22(16-25)8-11-26(17-22)14-18-4-2-9-24-13-18/h2,4-6,9,12-13H,3,7-8,10-11,14-17H2,1H3/t22-/m1/s1. The maximum Gasteiger partial charge on any atom is 0.127 e. The van der Waals surface area contributed by atoms with E-state index >= 15 is 0 Å². The second-order valence-electron chi connectivity index (χ2n) is 8.09. The molecule has 144 valence electrons. The lowest BCUT2D eigenvalue weighted by atomic mass is 9.79. The van der Waals surface area contributed by atoms with E-state index < -0.39 is 0 Å². The fourth-order valence-electron chi connectivity index (χ4n) is 4.73. The number of methoxy groups -OCH3 is 1. The van der Waals surface area contributed by atoms with Crippen LogP contribution in [0.25, 0.3) is 0 Å². The maximum absolute atomic E-state index is 14.2. The van der Waals surface area contributed by atoms with Gasteiger partial charge in [0, 0.05) is 44.1 Å². The van der Waals surface area contributed by atoms with Crippen LogP contribution in [0, 0.1) is 11.2 Å². The van der Waals surface area contributed by atoms with Crippen LogP contribution in [0.3, 0.4) is 0 Å². The highest BCUT2D eigenvalue weighted by Crippen LogP contribution is 2.40. The van der Waals surface area contributed by atoms with Crippen molar-refractivity contribution in [3.8, 4) is 5.75 Å². The summed E-state index contributed by atoms with van der Waals surface area (Å²) >= 11 is 0. The predicted octanol–water partition coefficient (Wildman–Crippen LogP) is 3.72. The third kappa shape index (κ3) is 4.30. The van der Waals surface area contributed by atoms with Crippen molar-refractivity contribution in [1.29, 1.82) is 0 Å². The number of hydrogen-bond acceptors (Lipinski definition) is 4. The van der Waals surface area contributed by atoms with Crippen LogP contribution >= 0.6 is 0 Å². The summed E-state index contributed by atoms with van der Waals surface area (Å²) in [7, 11) is 1.63. The van der Waals surface area contributed by atoms with E-state index in [0.29, 0.717) is 12.0 Å². The SMILES string of the molecule is COc1ccc(F)c(CN2CCC[C@@]3(CCN(Cc4cccnc4)C3)C2)c1. The van der Waals surface area contributed by atoms with Gasteiger partial charge in [0.15, 0.2) is 0 Å². The zero-order valence-corrected chi connectivity index (χ0v) is 16.0. The van der Waals surface area contributed by atoms with Gasteiger partial charge in [-0.3, -0.25) is 14.8 Å². The summed E-state index contributed by atoms with van der Waals surface area (Å²) in [6.45, 7) is 5.98. The Bertz CT molecular complexity index is 769. The van der Waals surface area contributed by atoms with E-state index in [9.17, 15) is 4.39 Å². The molecule has 0 radical (unpaired) electrons. The van der Waals surface area contributed by atoms with Crippen molar-refractivity contribution >= 4 is 0 Å². The van der Waals surface area contributed by atoms with E-state index in [4.69, 9.17) is 4.74 Å². The highest BCUT2D eigenvalue weighted by Gasteiger charge is 2.41. The monoisotopic (exact) mass is 369 g/mol. The molecule has 3 heterocycles. The van der Waals surface area contributed by atoms with E-state index in [-0.39, 0.29) is 5.82 Å². The first kappa shape index (κ1) is 18.4. The topological polar surface area (TPSA) is 28.6 Å². The van der Waals surface area contributed by atoms with E-state index in [1.54, 1.807) is 13.2 Å². The van der Waals surface area contributed by atoms with Gasteiger partial charge in [0.05, 0.1) is 7.11 Å². The Morgan fingerprint density at radius 2 is 1.96 bits per heavy atom. The van der Waals surface area contributed by atoms with Crippen molar-refractivity contribution in [1.82, 2.24) is 14.8 Å². The third-order valence-corrected chi connectivity index (χ3v) is 6.03. The predicted molar refractivity (Wildman–Crippen MR) is 104 cm³/mol. The highest BCUT2D eigenvalue weighted by atomic mass is 19.1. The molecule has 4 rings (SSSR count). The molecule has 2 aromatic rings. The molecule has 1 atom stereocenters. The van der Waals surface area contributed by atoms with Crippen molar-refractivity contribution in [2.75, 3.05) is 33.3 Å². The van der Waals surface area contributed by atoms with Crippen molar-refractivity contribution in [2.45, 2.75) is 32.4 Å². The molecule has 0 bridgehead atoms. The first-order valence-corrected chi connectivity index (χ1v) is 9.82. The fraction of sp³-hybridized carbons (Fsp3) is 0.500. The lowest BCUT2D eigenvalue weighted by Crippen LogP contribution is -2.44. The quantitative estimate of drug-likeness (QED) is 0.803. The second-order valence-corrected chi connectivity index (χ2v) is 8.09. The molecule has 0 N–H and O–H groups in total. The van der Waals surface area contributed by atoms with Crippen LogP contribution in [0.2, 0.25) is 0 Å². The van der Waals surface area contributed by atoms with Gasteiger partial charge in [-0.25, -0.2) is 4.39 Å². The van der Waals surface area contributed by atoms with Crippen LogP contribution in [-0.2, 0) is 13.1 Å². The van der Waals surface area contributed by atoms with Crippen molar-refractivity contribution in [3.05, 3.63) is 59.7 Å². The molecule has 2 saturated heterocycles. The van der Waals surface area contributed by atoms with Crippen LogP contribution < -0.4 is 4.74 Å². The minimum atomic E-state index is -0.139. The number of rotatable bonds is 5. The number of ether oxygens (including phenoxy) is 1. The van der Waals surface area contributed by atoms with E-state index in [0.717, 1.165) is 44.0 Å². The molecule has 1 aromatic carbocycles. The lowest BCUT2D eigenvalue weighted by molar-refractivity contribution is 0.0857. The molecule has 0 saturated carbocycles. The van der Waals surface area contributed by atoms with E-state index in [2.05, 4.69) is 20.9 Å². The molecule has 1 spiro atoms. The van der Waals surface area contributed by atoms with E-state index in [1.807, 2.05) is 24.5 Å². The molecular formula is C22H28FN3O. The van der Waals surface area contributed by atoms with Gasteiger partial charge >= 0.3 is 0 Å². The highest BCUT2D eigenvalue weighted by molar-refractivity contribution is 5.29. The number of likely N-dealkylation sites (tertiary alicyclic amines) is 2. The molecule has 0 aliphatic carbocycles. The molecule has 5 heteroatoms. The largest absolute Gasteiger partial charge is 0.497 e. The van der Waals surface area contributed by atoms with Gasteiger partial charge in [0.25, 0.3) is 0 Å². The minimum absolute atomic E-state index is 0.139. The third-order valence-electron chi connectivity index (χ3n) is 6.03. The molecule has 27 heavy (non-hydrogen) atoms. The van der Waals surface area contributed by atoms with Crippen molar-refractivity contribution < 1.29 is 9.13 Å². The van der Waals surface area contributed by atoms with E-state index in [1.165, 1.54) is 30.9 Å². The lowest BCUT2D eigenvalue weighted by Gasteiger charge is -2.40. The van der Waals surface area contributed by atoms with Crippen LogP contribution in [0.4, 0.5) is 4.39 Å². The average Bonchev–Trinajstić information content (AvgIpc) is 3.06.